The van der Waals surface area contributed by atoms with E-state index in [1.807, 2.05) is 42.8 Å². The van der Waals surface area contributed by atoms with Crippen molar-refractivity contribution >= 4 is 22.5 Å². The summed E-state index contributed by atoms with van der Waals surface area (Å²) in [6.07, 6.45) is 0. The van der Waals surface area contributed by atoms with E-state index in [0.29, 0.717) is 11.4 Å². The smallest absolute Gasteiger partial charge is 0.276 e. The van der Waals surface area contributed by atoms with E-state index in [9.17, 15) is 9.90 Å². The third-order valence-corrected chi connectivity index (χ3v) is 4.07. The number of carbonyl (C=O) groups excluding carboxylic acids is 1. The van der Waals surface area contributed by atoms with Gasteiger partial charge in [-0.2, -0.15) is 5.10 Å². The highest BCUT2D eigenvalue weighted by atomic mass is 16.3. The third-order valence-electron chi connectivity index (χ3n) is 4.07. The van der Waals surface area contributed by atoms with Crippen molar-refractivity contribution in [1.29, 1.82) is 0 Å². The molecule has 0 saturated heterocycles. The molecule has 24 heavy (non-hydrogen) atoms. The summed E-state index contributed by atoms with van der Waals surface area (Å²) < 4.78 is 1.86. The van der Waals surface area contributed by atoms with Crippen LogP contribution in [0, 0.1) is 13.8 Å². The fraction of sp³-hybridized carbons (Fsp3) is 0.263. The predicted molar refractivity (Wildman–Crippen MR) is 95.7 cm³/mol. The monoisotopic (exact) mass is 323 g/mol. The van der Waals surface area contributed by atoms with Crippen LogP contribution in [0.1, 0.15) is 41.5 Å². The maximum absolute atomic E-state index is 12.7. The molecule has 0 spiro atoms. The van der Waals surface area contributed by atoms with E-state index >= 15 is 0 Å². The zero-order chi connectivity index (χ0) is 17.4. The van der Waals surface area contributed by atoms with Crippen molar-refractivity contribution in [2.24, 2.45) is 0 Å². The fourth-order valence-corrected chi connectivity index (χ4v) is 2.87. The summed E-state index contributed by atoms with van der Waals surface area (Å²) in [5.41, 5.74) is 3.44. The molecule has 1 aromatic heterocycles. The number of phenols is 1. The summed E-state index contributed by atoms with van der Waals surface area (Å²) in [4.78, 5) is 12.7. The largest absolute Gasteiger partial charge is 0.507 e. The number of phenolic OH excluding ortho intramolecular Hbond substituents is 1. The van der Waals surface area contributed by atoms with Crippen LogP contribution < -0.4 is 5.32 Å². The molecule has 3 aromatic rings. The van der Waals surface area contributed by atoms with E-state index in [1.165, 1.54) is 0 Å². The van der Waals surface area contributed by atoms with Gasteiger partial charge in [0, 0.05) is 17.1 Å². The Hall–Kier alpha value is -2.82. The van der Waals surface area contributed by atoms with Crippen molar-refractivity contribution in [3.8, 4) is 5.75 Å². The van der Waals surface area contributed by atoms with Gasteiger partial charge >= 0.3 is 0 Å². The molecule has 0 bridgehead atoms. The maximum atomic E-state index is 12.7. The van der Waals surface area contributed by atoms with E-state index in [2.05, 4.69) is 10.4 Å². The average Bonchev–Trinajstić information content (AvgIpc) is 2.92. The number of aromatic nitrogens is 2. The molecular weight excluding hydrogens is 302 g/mol. The van der Waals surface area contributed by atoms with Crippen LogP contribution in [0.15, 0.2) is 36.4 Å². The van der Waals surface area contributed by atoms with Gasteiger partial charge in [-0.05, 0) is 57.0 Å². The highest BCUT2D eigenvalue weighted by molar-refractivity contribution is 6.11. The Morgan fingerprint density at radius 2 is 1.79 bits per heavy atom. The Morgan fingerprint density at radius 3 is 2.42 bits per heavy atom. The van der Waals surface area contributed by atoms with Crippen LogP contribution in [0.3, 0.4) is 0 Å². The van der Waals surface area contributed by atoms with Gasteiger partial charge in [-0.25, -0.2) is 0 Å². The first-order valence-corrected chi connectivity index (χ1v) is 7.97. The maximum Gasteiger partial charge on any atom is 0.276 e. The van der Waals surface area contributed by atoms with Gasteiger partial charge in [0.05, 0.1) is 5.52 Å². The fourth-order valence-electron chi connectivity index (χ4n) is 2.87. The van der Waals surface area contributed by atoms with Crippen molar-refractivity contribution in [3.05, 3.63) is 53.2 Å². The van der Waals surface area contributed by atoms with Crippen LogP contribution in [0.2, 0.25) is 0 Å². The number of nitrogens with zero attached hydrogens (tertiary/aromatic N) is 2. The lowest BCUT2D eigenvalue weighted by molar-refractivity contribution is 0.102. The number of hydrogen-bond acceptors (Lipinski definition) is 3. The summed E-state index contributed by atoms with van der Waals surface area (Å²) in [6.45, 7) is 7.68. The summed E-state index contributed by atoms with van der Waals surface area (Å²) in [7, 11) is 0. The number of rotatable bonds is 3. The molecule has 3 rings (SSSR count). The standard InChI is InChI=1S/C19H21N3O2/c1-11(2)22-16-8-6-5-7-15(16)17(21-22)19(24)20-14-9-12(3)18(23)13(4)10-14/h5-11,23H,1-4H3,(H,20,24). The summed E-state index contributed by atoms with van der Waals surface area (Å²) in [5.74, 6) is -0.00220. The van der Waals surface area contributed by atoms with Crippen molar-refractivity contribution in [2.75, 3.05) is 5.32 Å². The number of nitrogens with one attached hydrogen (secondary N) is 1. The van der Waals surface area contributed by atoms with Gasteiger partial charge in [-0.15, -0.1) is 0 Å². The van der Waals surface area contributed by atoms with Gasteiger partial charge in [0.15, 0.2) is 5.69 Å². The normalized spacial score (nSPS) is 11.2. The van der Waals surface area contributed by atoms with Crippen molar-refractivity contribution in [2.45, 2.75) is 33.7 Å². The van der Waals surface area contributed by atoms with Crippen LogP contribution in [-0.4, -0.2) is 20.8 Å². The molecular formula is C19H21N3O2. The summed E-state index contributed by atoms with van der Waals surface area (Å²) in [6, 6.07) is 11.4. The second-order valence-corrected chi connectivity index (χ2v) is 6.32. The van der Waals surface area contributed by atoms with Gasteiger partial charge < -0.3 is 10.4 Å². The predicted octanol–water partition coefficient (Wildman–Crippen LogP) is 4.19. The molecule has 5 nitrogen and oxygen atoms in total. The SMILES string of the molecule is Cc1cc(NC(=O)c2nn(C(C)C)c3ccccc23)cc(C)c1O. The van der Waals surface area contributed by atoms with Crippen molar-refractivity contribution < 1.29 is 9.90 Å². The van der Waals surface area contributed by atoms with Crippen LogP contribution >= 0.6 is 0 Å². The van der Waals surface area contributed by atoms with Crippen LogP contribution in [0.5, 0.6) is 5.75 Å². The first-order chi connectivity index (χ1) is 11.4. The minimum absolute atomic E-state index is 0.162. The van der Waals surface area contributed by atoms with E-state index in [1.54, 1.807) is 26.0 Å². The molecule has 0 aliphatic rings. The molecule has 0 fully saturated rings. The topological polar surface area (TPSA) is 67.2 Å². The quantitative estimate of drug-likeness (QED) is 0.710. The second-order valence-electron chi connectivity index (χ2n) is 6.32. The molecule has 0 aliphatic heterocycles. The highest BCUT2D eigenvalue weighted by Gasteiger charge is 2.18. The van der Waals surface area contributed by atoms with Gasteiger partial charge in [-0.3, -0.25) is 9.48 Å². The van der Waals surface area contributed by atoms with Crippen molar-refractivity contribution in [1.82, 2.24) is 9.78 Å². The van der Waals surface area contributed by atoms with Gasteiger partial charge in [0.25, 0.3) is 5.91 Å². The number of benzene rings is 2. The van der Waals surface area contributed by atoms with Gasteiger partial charge in [0.1, 0.15) is 5.75 Å². The van der Waals surface area contributed by atoms with E-state index in [-0.39, 0.29) is 17.7 Å². The molecule has 0 saturated carbocycles. The Balaban J connectivity index is 2.01. The Labute approximate surface area is 140 Å². The van der Waals surface area contributed by atoms with Gasteiger partial charge in [0.2, 0.25) is 0 Å². The Kier molecular flexibility index (Phi) is 4.01. The number of carbonyl (C=O) groups is 1. The molecule has 2 aromatic carbocycles. The van der Waals surface area contributed by atoms with E-state index < -0.39 is 0 Å². The number of aromatic hydroxyl groups is 1. The minimum Gasteiger partial charge on any atom is -0.507 e. The molecule has 2 N–H and O–H groups in total. The molecule has 0 radical (unpaired) electrons. The average molecular weight is 323 g/mol. The molecule has 0 atom stereocenters. The number of para-hydroxylation sites is 1. The second kappa shape index (κ2) is 6.00. The van der Waals surface area contributed by atoms with Crippen LogP contribution in [0.25, 0.3) is 10.9 Å². The lowest BCUT2D eigenvalue weighted by atomic mass is 10.1. The number of fused-ring (bicyclic) bond motifs is 1. The van der Waals surface area contributed by atoms with Gasteiger partial charge in [-0.1, -0.05) is 18.2 Å². The summed E-state index contributed by atoms with van der Waals surface area (Å²) >= 11 is 0. The van der Waals surface area contributed by atoms with Crippen LogP contribution in [-0.2, 0) is 0 Å². The number of aryl methyl sites for hydroxylation is 2. The zero-order valence-corrected chi connectivity index (χ0v) is 14.3. The molecule has 1 heterocycles. The first-order valence-electron chi connectivity index (χ1n) is 7.97. The number of amides is 1. The highest BCUT2D eigenvalue weighted by Crippen LogP contribution is 2.27. The van der Waals surface area contributed by atoms with Crippen LogP contribution in [0.4, 0.5) is 5.69 Å². The molecule has 0 unspecified atom stereocenters. The zero-order valence-electron chi connectivity index (χ0n) is 14.3. The number of hydrogen-bond donors (Lipinski definition) is 2. The molecule has 124 valence electrons. The third kappa shape index (κ3) is 2.73. The lowest BCUT2D eigenvalue weighted by Gasteiger charge is -2.09. The molecule has 1 amide bonds. The molecule has 0 aliphatic carbocycles. The Morgan fingerprint density at radius 1 is 1.17 bits per heavy atom. The first kappa shape index (κ1) is 16.1. The van der Waals surface area contributed by atoms with E-state index in [4.69, 9.17) is 0 Å². The Bertz CT molecular complexity index is 903. The minimum atomic E-state index is -0.255. The number of anilines is 1. The lowest BCUT2D eigenvalue weighted by Crippen LogP contribution is -2.14. The van der Waals surface area contributed by atoms with Crippen molar-refractivity contribution in [3.63, 3.8) is 0 Å². The van der Waals surface area contributed by atoms with E-state index in [0.717, 1.165) is 22.0 Å². The summed E-state index contributed by atoms with van der Waals surface area (Å²) in [5, 5.41) is 18.1. The molecule has 5 heteroatoms.